The molecule has 1 aromatic carbocycles. The average Bonchev–Trinajstić information content (AvgIpc) is 2.91. The summed E-state index contributed by atoms with van der Waals surface area (Å²) >= 11 is 1.63. The van der Waals surface area contributed by atoms with E-state index in [0.717, 1.165) is 10.4 Å². The molecule has 0 aliphatic heterocycles. The van der Waals surface area contributed by atoms with Crippen molar-refractivity contribution in [2.45, 2.75) is 13.2 Å². The van der Waals surface area contributed by atoms with E-state index in [1.165, 1.54) is 0 Å². The fraction of sp³-hybridized carbons (Fsp3) is 0.231. The maximum Gasteiger partial charge on any atom is 0.292 e. The van der Waals surface area contributed by atoms with Crippen LogP contribution in [-0.4, -0.2) is 12.0 Å². The van der Waals surface area contributed by atoms with E-state index in [-0.39, 0.29) is 5.69 Å². The topological polar surface area (TPSA) is 64.4 Å². The Hall–Kier alpha value is -1.92. The lowest BCUT2D eigenvalue weighted by Crippen LogP contribution is -1.99. The van der Waals surface area contributed by atoms with Gasteiger partial charge in [-0.25, -0.2) is 0 Å². The van der Waals surface area contributed by atoms with Crippen molar-refractivity contribution in [1.29, 1.82) is 0 Å². The van der Waals surface area contributed by atoms with Crippen LogP contribution in [0.1, 0.15) is 10.4 Å². The van der Waals surface area contributed by atoms with Gasteiger partial charge in [0.1, 0.15) is 5.69 Å². The Morgan fingerprint density at radius 1 is 1.37 bits per heavy atom. The molecule has 1 N–H and O–H groups in total. The number of hydrogen-bond donors (Lipinski definition) is 1. The van der Waals surface area contributed by atoms with Crippen LogP contribution < -0.4 is 5.32 Å². The minimum atomic E-state index is -0.394. The third-order valence-electron chi connectivity index (χ3n) is 2.62. The van der Waals surface area contributed by atoms with E-state index >= 15 is 0 Å². The first-order valence-corrected chi connectivity index (χ1v) is 6.64. The molecule has 5 nitrogen and oxygen atoms in total. The third-order valence-corrected chi connectivity index (χ3v) is 3.47. The van der Waals surface area contributed by atoms with Crippen molar-refractivity contribution in [1.82, 2.24) is 0 Å². The molecule has 0 bridgehead atoms. The Morgan fingerprint density at radius 2 is 2.21 bits per heavy atom. The summed E-state index contributed by atoms with van der Waals surface area (Å²) in [4.78, 5) is 11.7. The first-order chi connectivity index (χ1) is 9.20. The van der Waals surface area contributed by atoms with E-state index in [4.69, 9.17) is 4.74 Å². The summed E-state index contributed by atoms with van der Waals surface area (Å²) in [7, 11) is 1.66. The number of hydrogen-bond acceptors (Lipinski definition) is 5. The molecule has 0 aliphatic carbocycles. The summed E-state index contributed by atoms with van der Waals surface area (Å²) in [6.45, 7) is 0.891. The quantitative estimate of drug-likeness (QED) is 0.649. The van der Waals surface area contributed by atoms with Gasteiger partial charge in [0, 0.05) is 18.0 Å². The number of nitro groups is 1. The average molecular weight is 278 g/mol. The van der Waals surface area contributed by atoms with Gasteiger partial charge in [-0.15, -0.1) is 11.3 Å². The molecule has 0 radical (unpaired) electrons. The van der Waals surface area contributed by atoms with Crippen LogP contribution >= 0.6 is 11.3 Å². The number of benzene rings is 1. The van der Waals surface area contributed by atoms with Crippen LogP contribution in [0.15, 0.2) is 35.7 Å². The van der Waals surface area contributed by atoms with Crippen LogP contribution in [0.4, 0.5) is 11.4 Å². The molecule has 1 aromatic heterocycles. The Bertz CT molecular complexity index is 555. The second-order valence-corrected chi connectivity index (χ2v) is 4.96. The highest BCUT2D eigenvalue weighted by Crippen LogP contribution is 2.25. The third kappa shape index (κ3) is 3.52. The highest BCUT2D eigenvalue weighted by atomic mass is 32.1. The predicted molar refractivity (Wildman–Crippen MR) is 75.5 cm³/mol. The summed E-state index contributed by atoms with van der Waals surface area (Å²) in [6.07, 6.45) is 0. The SMILES string of the molecule is CNc1ccc(COCc2cccs2)cc1[N+](=O)[O-]. The van der Waals surface area contributed by atoms with Crippen LogP contribution in [0.25, 0.3) is 0 Å². The van der Waals surface area contributed by atoms with Gasteiger partial charge in [0.15, 0.2) is 0 Å². The first-order valence-electron chi connectivity index (χ1n) is 5.76. The smallest absolute Gasteiger partial charge is 0.292 e. The Labute approximate surface area is 115 Å². The summed E-state index contributed by atoms with van der Waals surface area (Å²) in [5.74, 6) is 0. The summed E-state index contributed by atoms with van der Waals surface area (Å²) in [6, 6.07) is 9.03. The Balaban J connectivity index is 2.00. The van der Waals surface area contributed by atoms with E-state index in [0.29, 0.717) is 18.9 Å². The molecule has 2 rings (SSSR count). The predicted octanol–water partition coefficient (Wildman–Crippen LogP) is 3.41. The van der Waals surface area contributed by atoms with Crippen LogP contribution in [-0.2, 0) is 18.0 Å². The first kappa shape index (κ1) is 13.5. The van der Waals surface area contributed by atoms with E-state index < -0.39 is 4.92 Å². The largest absolute Gasteiger partial charge is 0.383 e. The lowest BCUT2D eigenvalue weighted by Gasteiger charge is -2.06. The second kappa shape index (κ2) is 6.31. The fourth-order valence-corrected chi connectivity index (χ4v) is 2.33. The molecule has 0 unspecified atom stereocenters. The van der Waals surface area contributed by atoms with Crippen molar-refractivity contribution in [3.63, 3.8) is 0 Å². The van der Waals surface area contributed by atoms with Crippen LogP contribution in [0.5, 0.6) is 0 Å². The lowest BCUT2D eigenvalue weighted by atomic mass is 10.2. The van der Waals surface area contributed by atoms with E-state index in [9.17, 15) is 10.1 Å². The molecule has 100 valence electrons. The molecule has 0 aliphatic rings. The molecule has 0 fully saturated rings. The maximum atomic E-state index is 10.9. The van der Waals surface area contributed by atoms with Gasteiger partial charge in [-0.2, -0.15) is 0 Å². The lowest BCUT2D eigenvalue weighted by molar-refractivity contribution is -0.384. The Kier molecular flexibility index (Phi) is 4.48. The number of nitrogens with zero attached hydrogens (tertiary/aromatic N) is 1. The minimum Gasteiger partial charge on any atom is -0.383 e. The van der Waals surface area contributed by atoms with Crippen molar-refractivity contribution < 1.29 is 9.66 Å². The van der Waals surface area contributed by atoms with E-state index in [1.54, 1.807) is 30.5 Å². The van der Waals surface area contributed by atoms with Gasteiger partial charge in [-0.3, -0.25) is 10.1 Å². The van der Waals surface area contributed by atoms with E-state index in [1.807, 2.05) is 23.6 Å². The van der Waals surface area contributed by atoms with Gasteiger partial charge in [-0.1, -0.05) is 12.1 Å². The van der Waals surface area contributed by atoms with Gasteiger partial charge in [-0.05, 0) is 23.1 Å². The maximum absolute atomic E-state index is 10.9. The molecule has 0 amide bonds. The van der Waals surface area contributed by atoms with Gasteiger partial charge in [0.05, 0.1) is 18.1 Å². The molecule has 1 heterocycles. The number of ether oxygens (including phenoxy) is 1. The fourth-order valence-electron chi connectivity index (χ4n) is 1.69. The molecular formula is C13H14N2O3S. The summed E-state index contributed by atoms with van der Waals surface area (Å²) < 4.78 is 5.54. The van der Waals surface area contributed by atoms with Crippen LogP contribution in [0.2, 0.25) is 0 Å². The Morgan fingerprint density at radius 3 is 2.84 bits per heavy atom. The molecule has 19 heavy (non-hydrogen) atoms. The van der Waals surface area contributed by atoms with Gasteiger partial charge in [0.25, 0.3) is 5.69 Å². The van der Waals surface area contributed by atoms with Crippen molar-refractivity contribution in [2.75, 3.05) is 12.4 Å². The van der Waals surface area contributed by atoms with E-state index in [2.05, 4.69) is 5.32 Å². The number of thiophene rings is 1. The zero-order valence-corrected chi connectivity index (χ0v) is 11.3. The van der Waals surface area contributed by atoms with Crippen molar-refractivity contribution >= 4 is 22.7 Å². The van der Waals surface area contributed by atoms with Gasteiger partial charge < -0.3 is 10.1 Å². The molecule has 0 saturated carbocycles. The van der Waals surface area contributed by atoms with Gasteiger partial charge >= 0.3 is 0 Å². The highest BCUT2D eigenvalue weighted by molar-refractivity contribution is 7.09. The van der Waals surface area contributed by atoms with Crippen LogP contribution in [0, 0.1) is 10.1 Å². The van der Waals surface area contributed by atoms with Crippen molar-refractivity contribution in [2.24, 2.45) is 0 Å². The van der Waals surface area contributed by atoms with Gasteiger partial charge in [0.2, 0.25) is 0 Å². The van der Waals surface area contributed by atoms with Crippen molar-refractivity contribution in [3.8, 4) is 0 Å². The highest BCUT2D eigenvalue weighted by Gasteiger charge is 2.13. The molecule has 0 atom stereocenters. The molecule has 2 aromatic rings. The monoisotopic (exact) mass is 278 g/mol. The second-order valence-electron chi connectivity index (χ2n) is 3.93. The standard InChI is InChI=1S/C13H14N2O3S/c1-14-12-5-4-10(7-13(12)15(16)17)8-18-9-11-3-2-6-19-11/h2-7,14H,8-9H2,1H3. The summed E-state index contributed by atoms with van der Waals surface area (Å²) in [5, 5.41) is 15.7. The summed E-state index contributed by atoms with van der Waals surface area (Å²) in [5.41, 5.74) is 1.37. The number of nitrogens with one attached hydrogen (secondary N) is 1. The minimum absolute atomic E-state index is 0.0692. The molecular weight excluding hydrogens is 264 g/mol. The zero-order valence-electron chi connectivity index (χ0n) is 10.5. The normalized spacial score (nSPS) is 10.4. The zero-order chi connectivity index (χ0) is 13.7. The van der Waals surface area contributed by atoms with Crippen molar-refractivity contribution in [3.05, 3.63) is 56.3 Å². The molecule has 0 saturated heterocycles. The number of nitro benzene ring substituents is 1. The van der Waals surface area contributed by atoms with Crippen LogP contribution in [0.3, 0.4) is 0 Å². The number of anilines is 1. The molecule has 6 heteroatoms. The number of rotatable bonds is 6. The molecule has 0 spiro atoms.